The topological polar surface area (TPSA) is 0 Å². The van der Waals surface area contributed by atoms with E-state index >= 15 is 0 Å². The van der Waals surface area contributed by atoms with E-state index in [1.54, 1.807) is 0 Å². The van der Waals surface area contributed by atoms with Crippen molar-refractivity contribution in [2.24, 2.45) is 5.92 Å². The summed E-state index contributed by atoms with van der Waals surface area (Å²) in [7, 11) is 0. The minimum absolute atomic E-state index is 0.729. The van der Waals surface area contributed by atoms with Crippen LogP contribution >= 0.6 is 15.9 Å². The molecule has 0 saturated heterocycles. The van der Waals surface area contributed by atoms with Gasteiger partial charge in [0.2, 0.25) is 0 Å². The summed E-state index contributed by atoms with van der Waals surface area (Å²) in [4.78, 5) is 0. The molecule has 0 radical (unpaired) electrons. The molecule has 0 atom stereocenters. The van der Waals surface area contributed by atoms with Gasteiger partial charge in [-0.1, -0.05) is 15.9 Å². The maximum atomic E-state index is 3.56. The van der Waals surface area contributed by atoms with E-state index in [0.29, 0.717) is 0 Å². The van der Waals surface area contributed by atoms with Crippen LogP contribution in [0.25, 0.3) is 0 Å². The largest absolute Gasteiger partial charge is 0.0850 e. The van der Waals surface area contributed by atoms with Crippen LogP contribution in [-0.4, -0.2) is 4.32 Å². The Morgan fingerprint density at radius 2 is 1.80 bits per heavy atom. The summed E-state index contributed by atoms with van der Waals surface area (Å²) >= 11 is 3.56. The summed E-state index contributed by atoms with van der Waals surface area (Å²) in [6.07, 6.45) is 2.93. The molecule has 0 nitrogen and oxygen atoms in total. The minimum Gasteiger partial charge on any atom is -0.0850 e. The van der Waals surface area contributed by atoms with Gasteiger partial charge < -0.3 is 0 Å². The molecule has 0 aromatic rings. The molecule has 2 fully saturated rings. The van der Waals surface area contributed by atoms with Crippen molar-refractivity contribution in [3.05, 3.63) is 0 Å². The molecule has 0 aliphatic heterocycles. The average Bonchev–Trinajstić information content (AvgIpc) is 1.74. The van der Waals surface area contributed by atoms with Crippen molar-refractivity contribution >= 4 is 15.9 Å². The molecule has 0 amide bonds. The second-order valence-corrected chi connectivity index (χ2v) is 3.72. The van der Waals surface area contributed by atoms with Gasteiger partial charge in [0.25, 0.3) is 0 Å². The van der Waals surface area contributed by atoms with Crippen molar-refractivity contribution in [3.63, 3.8) is 0 Å². The molecule has 0 aromatic carbocycles. The first-order chi connectivity index (χ1) is 2.31. The summed E-state index contributed by atoms with van der Waals surface area (Å²) in [6, 6.07) is 0. The zero-order valence-electron chi connectivity index (χ0n) is 2.87. The highest BCUT2D eigenvalue weighted by atomic mass is 79.9. The maximum absolute atomic E-state index is 3.56. The van der Waals surface area contributed by atoms with E-state index in [1.165, 1.54) is 12.8 Å². The third kappa shape index (κ3) is 0.177. The van der Waals surface area contributed by atoms with Gasteiger partial charge in [0.1, 0.15) is 0 Å². The molecule has 2 rings (SSSR count). The molecular formula is C4H5Br. The van der Waals surface area contributed by atoms with Gasteiger partial charge in [-0.25, -0.2) is 0 Å². The Kier molecular flexibility index (Phi) is 0.216. The molecule has 28 valence electrons. The fourth-order valence-corrected chi connectivity index (χ4v) is 1.42. The summed E-state index contributed by atoms with van der Waals surface area (Å²) in [5.74, 6) is 1.11. The van der Waals surface area contributed by atoms with Crippen molar-refractivity contribution in [1.82, 2.24) is 0 Å². The van der Waals surface area contributed by atoms with E-state index in [0.717, 1.165) is 10.2 Å². The lowest BCUT2D eigenvalue weighted by molar-refractivity contribution is 0.943. The third-order valence-corrected chi connectivity index (χ3v) is 2.88. The zero-order valence-corrected chi connectivity index (χ0v) is 4.46. The Morgan fingerprint density at radius 1 is 1.60 bits per heavy atom. The standard InChI is InChI=1S/C4H5Br/c5-4-1-3(4)2-4/h3H,1-2H2. The highest BCUT2D eigenvalue weighted by Crippen LogP contribution is 2.72. The average molecular weight is 133 g/mol. The van der Waals surface area contributed by atoms with E-state index in [4.69, 9.17) is 0 Å². The predicted molar refractivity (Wildman–Crippen MR) is 24.4 cm³/mol. The van der Waals surface area contributed by atoms with Gasteiger partial charge in [0, 0.05) is 4.32 Å². The molecule has 0 aromatic heterocycles. The molecule has 2 aliphatic carbocycles. The predicted octanol–water partition coefficient (Wildman–Crippen LogP) is 1.54. The zero-order chi connectivity index (χ0) is 3.49. The van der Waals surface area contributed by atoms with Crippen LogP contribution in [0.1, 0.15) is 12.8 Å². The van der Waals surface area contributed by atoms with Crippen LogP contribution in [0.5, 0.6) is 0 Å². The molecule has 2 aliphatic rings. The molecule has 0 bridgehead atoms. The first-order valence-electron chi connectivity index (χ1n) is 2.00. The molecule has 5 heavy (non-hydrogen) atoms. The van der Waals surface area contributed by atoms with Gasteiger partial charge >= 0.3 is 0 Å². The maximum Gasteiger partial charge on any atom is 0.0293 e. The van der Waals surface area contributed by atoms with Gasteiger partial charge in [-0.3, -0.25) is 0 Å². The second-order valence-electron chi connectivity index (χ2n) is 2.14. The number of hydrogen-bond donors (Lipinski definition) is 0. The van der Waals surface area contributed by atoms with Crippen LogP contribution in [0, 0.1) is 5.92 Å². The minimum atomic E-state index is 0.729. The second kappa shape index (κ2) is 0.412. The van der Waals surface area contributed by atoms with Gasteiger partial charge in [-0.2, -0.15) is 0 Å². The van der Waals surface area contributed by atoms with Crippen molar-refractivity contribution in [2.75, 3.05) is 0 Å². The monoisotopic (exact) mass is 132 g/mol. The summed E-state index contributed by atoms with van der Waals surface area (Å²) < 4.78 is 0.729. The lowest BCUT2D eigenvalue weighted by Gasteiger charge is -1.76. The van der Waals surface area contributed by atoms with Gasteiger partial charge in [0.05, 0.1) is 0 Å². The lowest BCUT2D eigenvalue weighted by atomic mass is 10.4. The number of hydrogen-bond acceptors (Lipinski definition) is 0. The lowest BCUT2D eigenvalue weighted by Crippen LogP contribution is -1.70. The van der Waals surface area contributed by atoms with Gasteiger partial charge in [-0.05, 0) is 18.8 Å². The Hall–Kier alpha value is 0.480. The van der Waals surface area contributed by atoms with E-state index in [1.807, 2.05) is 0 Å². The molecule has 0 spiro atoms. The SMILES string of the molecule is BrC12CC1C2. The molecule has 0 unspecified atom stereocenters. The fraction of sp³-hybridized carbons (Fsp3) is 1.00. The van der Waals surface area contributed by atoms with E-state index in [9.17, 15) is 0 Å². The van der Waals surface area contributed by atoms with Crippen LogP contribution in [-0.2, 0) is 0 Å². The van der Waals surface area contributed by atoms with Crippen LogP contribution in [0.15, 0.2) is 0 Å². The number of halogens is 1. The van der Waals surface area contributed by atoms with Gasteiger partial charge in [-0.15, -0.1) is 0 Å². The van der Waals surface area contributed by atoms with Crippen molar-refractivity contribution < 1.29 is 0 Å². The van der Waals surface area contributed by atoms with E-state index in [-0.39, 0.29) is 0 Å². The number of alkyl halides is 1. The smallest absolute Gasteiger partial charge is 0.0293 e. The molecule has 2 saturated carbocycles. The Bertz CT molecular complexity index is 71.7. The Balaban J connectivity index is 2.37. The molecule has 1 heteroatoms. The summed E-state index contributed by atoms with van der Waals surface area (Å²) in [5.41, 5.74) is 0. The highest BCUT2D eigenvalue weighted by molar-refractivity contribution is 9.10. The van der Waals surface area contributed by atoms with Crippen LogP contribution in [0.4, 0.5) is 0 Å². The van der Waals surface area contributed by atoms with Crippen molar-refractivity contribution in [3.8, 4) is 0 Å². The van der Waals surface area contributed by atoms with E-state index in [2.05, 4.69) is 15.9 Å². The first-order valence-corrected chi connectivity index (χ1v) is 2.79. The van der Waals surface area contributed by atoms with Crippen molar-refractivity contribution in [2.45, 2.75) is 17.2 Å². The quantitative estimate of drug-likeness (QED) is 0.439. The summed E-state index contributed by atoms with van der Waals surface area (Å²) in [6.45, 7) is 0. The van der Waals surface area contributed by atoms with Gasteiger partial charge in [0.15, 0.2) is 0 Å². The third-order valence-electron chi connectivity index (χ3n) is 1.58. The van der Waals surface area contributed by atoms with Crippen LogP contribution in [0.3, 0.4) is 0 Å². The molecule has 0 heterocycles. The highest BCUT2D eigenvalue weighted by Gasteiger charge is 2.67. The molecular weight excluding hydrogens is 128 g/mol. The Labute approximate surface area is 39.7 Å². The normalized spacial score (nSPS) is 70.2. The van der Waals surface area contributed by atoms with Crippen LogP contribution < -0.4 is 0 Å². The molecule has 0 N–H and O–H groups in total. The van der Waals surface area contributed by atoms with Crippen molar-refractivity contribution in [1.29, 1.82) is 0 Å². The van der Waals surface area contributed by atoms with Crippen LogP contribution in [0.2, 0.25) is 0 Å². The fourth-order valence-electron chi connectivity index (χ4n) is 0.642. The summed E-state index contributed by atoms with van der Waals surface area (Å²) in [5, 5.41) is 0. The first kappa shape index (κ1) is 2.62. The van der Waals surface area contributed by atoms with E-state index < -0.39 is 0 Å². The number of fused-ring (bicyclic) bond motifs is 1. The number of rotatable bonds is 0. The Morgan fingerprint density at radius 3 is 1.80 bits per heavy atom.